The minimum atomic E-state index is 0.121. The topological polar surface area (TPSA) is 29.3 Å². The smallest absolute Gasteiger partial charge is 0.0986 e. The van der Waals surface area contributed by atoms with Crippen LogP contribution in [0.3, 0.4) is 0 Å². The van der Waals surface area contributed by atoms with E-state index in [0.717, 1.165) is 5.92 Å². The molecule has 1 unspecified atom stereocenters. The number of nitrogens with two attached hydrogens (primary N) is 1. The van der Waals surface area contributed by atoms with Crippen molar-refractivity contribution in [3.63, 3.8) is 0 Å². The highest BCUT2D eigenvalue weighted by atomic mass is 15.2. The zero-order valence-electron chi connectivity index (χ0n) is 7.53. The summed E-state index contributed by atoms with van der Waals surface area (Å²) >= 11 is 0. The van der Waals surface area contributed by atoms with Crippen molar-refractivity contribution in [3.05, 3.63) is 23.9 Å². The van der Waals surface area contributed by atoms with E-state index in [1.165, 1.54) is 24.8 Å². The van der Waals surface area contributed by atoms with Gasteiger partial charge in [0.05, 0.1) is 6.17 Å². The zero-order chi connectivity index (χ0) is 8.55. The Morgan fingerprint density at radius 3 is 3.00 bits per heavy atom. The van der Waals surface area contributed by atoms with Gasteiger partial charge in [0, 0.05) is 13.2 Å². The largest absolute Gasteiger partial charge is 0.362 e. The molecular formula is C10H16N2. The molecule has 2 nitrogen and oxygen atoms in total. The third kappa shape index (κ3) is 1.53. The van der Waals surface area contributed by atoms with Gasteiger partial charge in [0.2, 0.25) is 0 Å². The van der Waals surface area contributed by atoms with Gasteiger partial charge in [-0.1, -0.05) is 6.08 Å². The standard InChI is InChI=1S/C10H16N2/c1-12-6-2-3-9(10(12)11)7-8-4-5-8/h2-3,6,8,10H,4-5,7,11H2,1H3. The van der Waals surface area contributed by atoms with Crippen LogP contribution in [0.15, 0.2) is 23.9 Å². The first-order chi connectivity index (χ1) is 5.77. The van der Waals surface area contributed by atoms with E-state index in [1.807, 2.05) is 13.2 Å². The molecule has 2 aliphatic rings. The van der Waals surface area contributed by atoms with Gasteiger partial charge < -0.3 is 10.6 Å². The normalized spacial score (nSPS) is 29.0. The Morgan fingerprint density at radius 2 is 2.33 bits per heavy atom. The Bertz CT molecular complexity index is 226. The molecule has 0 aromatic carbocycles. The minimum absolute atomic E-state index is 0.121. The van der Waals surface area contributed by atoms with Crippen molar-refractivity contribution in [2.45, 2.75) is 25.4 Å². The minimum Gasteiger partial charge on any atom is -0.362 e. The quantitative estimate of drug-likeness (QED) is 0.669. The van der Waals surface area contributed by atoms with E-state index in [2.05, 4.69) is 17.1 Å². The van der Waals surface area contributed by atoms with E-state index < -0.39 is 0 Å². The van der Waals surface area contributed by atoms with Crippen LogP contribution in [-0.4, -0.2) is 18.1 Å². The lowest BCUT2D eigenvalue weighted by Gasteiger charge is -2.28. The number of nitrogens with zero attached hydrogens (tertiary/aromatic N) is 1. The number of allylic oxidation sites excluding steroid dienone is 2. The van der Waals surface area contributed by atoms with Gasteiger partial charge in [-0.15, -0.1) is 0 Å². The third-order valence-electron chi connectivity index (χ3n) is 2.67. The van der Waals surface area contributed by atoms with Gasteiger partial charge in [-0.2, -0.15) is 0 Å². The summed E-state index contributed by atoms with van der Waals surface area (Å²) in [7, 11) is 2.03. The molecule has 1 aliphatic heterocycles. The second-order valence-electron chi connectivity index (χ2n) is 3.84. The van der Waals surface area contributed by atoms with E-state index in [4.69, 9.17) is 5.73 Å². The van der Waals surface area contributed by atoms with Crippen LogP contribution in [0, 0.1) is 5.92 Å². The molecule has 1 saturated carbocycles. The number of hydrogen-bond donors (Lipinski definition) is 1. The van der Waals surface area contributed by atoms with Crippen LogP contribution in [0.4, 0.5) is 0 Å². The van der Waals surface area contributed by atoms with Crippen molar-refractivity contribution in [1.29, 1.82) is 0 Å². The summed E-state index contributed by atoms with van der Waals surface area (Å²) in [6.45, 7) is 0. The fourth-order valence-electron chi connectivity index (χ4n) is 1.60. The zero-order valence-corrected chi connectivity index (χ0v) is 7.53. The Hall–Kier alpha value is -0.760. The first kappa shape index (κ1) is 7.87. The Labute approximate surface area is 73.7 Å². The van der Waals surface area contributed by atoms with Gasteiger partial charge in [0.1, 0.15) is 0 Å². The van der Waals surface area contributed by atoms with Gasteiger partial charge in [-0.05, 0) is 36.8 Å². The van der Waals surface area contributed by atoms with E-state index in [-0.39, 0.29) is 6.17 Å². The molecule has 0 spiro atoms. The highest BCUT2D eigenvalue weighted by Crippen LogP contribution is 2.36. The van der Waals surface area contributed by atoms with Crippen molar-refractivity contribution in [2.24, 2.45) is 11.7 Å². The van der Waals surface area contributed by atoms with Crippen LogP contribution in [0.25, 0.3) is 0 Å². The molecule has 2 N–H and O–H groups in total. The number of likely N-dealkylation sites (N-methyl/N-ethyl adjacent to an activating group) is 1. The molecule has 1 heterocycles. The lowest BCUT2D eigenvalue weighted by molar-refractivity contribution is 0.362. The molecule has 2 heteroatoms. The summed E-state index contributed by atoms with van der Waals surface area (Å²) in [5.74, 6) is 0.933. The van der Waals surface area contributed by atoms with Crippen molar-refractivity contribution >= 4 is 0 Å². The van der Waals surface area contributed by atoms with E-state index >= 15 is 0 Å². The fourth-order valence-corrected chi connectivity index (χ4v) is 1.60. The second-order valence-corrected chi connectivity index (χ2v) is 3.84. The van der Waals surface area contributed by atoms with Gasteiger partial charge in [0.25, 0.3) is 0 Å². The molecule has 1 aliphatic carbocycles. The SMILES string of the molecule is CN1C=CC=C(CC2CC2)C1N. The summed E-state index contributed by atoms with van der Waals surface area (Å²) in [5, 5.41) is 0. The van der Waals surface area contributed by atoms with E-state index in [9.17, 15) is 0 Å². The molecule has 0 aromatic heterocycles. The average Bonchev–Trinajstić information content (AvgIpc) is 2.83. The summed E-state index contributed by atoms with van der Waals surface area (Å²) < 4.78 is 0. The van der Waals surface area contributed by atoms with Crippen molar-refractivity contribution < 1.29 is 0 Å². The molecule has 0 bridgehead atoms. The summed E-state index contributed by atoms with van der Waals surface area (Å²) in [5.41, 5.74) is 7.40. The van der Waals surface area contributed by atoms with Gasteiger partial charge >= 0.3 is 0 Å². The fraction of sp³-hybridized carbons (Fsp3) is 0.600. The molecular weight excluding hydrogens is 148 g/mol. The maximum absolute atomic E-state index is 6.00. The predicted octanol–water partition coefficient (Wildman–Crippen LogP) is 1.46. The Balaban J connectivity index is 2.01. The van der Waals surface area contributed by atoms with Gasteiger partial charge in [-0.3, -0.25) is 0 Å². The van der Waals surface area contributed by atoms with Crippen LogP contribution in [0.2, 0.25) is 0 Å². The second kappa shape index (κ2) is 2.94. The summed E-state index contributed by atoms with van der Waals surface area (Å²) in [4.78, 5) is 2.07. The monoisotopic (exact) mass is 164 g/mol. The van der Waals surface area contributed by atoms with Gasteiger partial charge in [-0.25, -0.2) is 0 Å². The van der Waals surface area contributed by atoms with Crippen molar-refractivity contribution in [3.8, 4) is 0 Å². The molecule has 0 aromatic rings. The number of hydrogen-bond acceptors (Lipinski definition) is 2. The molecule has 12 heavy (non-hydrogen) atoms. The van der Waals surface area contributed by atoms with E-state index in [1.54, 1.807) is 0 Å². The van der Waals surface area contributed by atoms with Crippen molar-refractivity contribution in [2.75, 3.05) is 7.05 Å². The van der Waals surface area contributed by atoms with Crippen LogP contribution < -0.4 is 5.73 Å². The molecule has 1 atom stereocenters. The lowest BCUT2D eigenvalue weighted by Crippen LogP contribution is -2.38. The van der Waals surface area contributed by atoms with Crippen LogP contribution in [0.5, 0.6) is 0 Å². The maximum Gasteiger partial charge on any atom is 0.0986 e. The molecule has 1 fully saturated rings. The molecule has 2 rings (SSSR count). The molecule has 0 radical (unpaired) electrons. The highest BCUT2D eigenvalue weighted by molar-refractivity contribution is 5.22. The lowest BCUT2D eigenvalue weighted by atomic mass is 10.0. The molecule has 0 amide bonds. The first-order valence-corrected chi connectivity index (χ1v) is 4.62. The van der Waals surface area contributed by atoms with Crippen LogP contribution >= 0.6 is 0 Å². The van der Waals surface area contributed by atoms with Crippen molar-refractivity contribution in [1.82, 2.24) is 4.90 Å². The summed E-state index contributed by atoms with van der Waals surface area (Å²) in [6, 6.07) is 0. The molecule has 66 valence electrons. The Morgan fingerprint density at radius 1 is 1.58 bits per heavy atom. The molecule has 0 saturated heterocycles. The maximum atomic E-state index is 6.00. The first-order valence-electron chi connectivity index (χ1n) is 4.62. The van der Waals surface area contributed by atoms with Crippen LogP contribution in [0.1, 0.15) is 19.3 Å². The third-order valence-corrected chi connectivity index (χ3v) is 2.67. The summed E-state index contributed by atoms with van der Waals surface area (Å²) in [6.07, 6.45) is 10.4. The highest BCUT2D eigenvalue weighted by Gasteiger charge is 2.25. The van der Waals surface area contributed by atoms with E-state index in [0.29, 0.717) is 0 Å². The predicted molar refractivity (Wildman–Crippen MR) is 50.3 cm³/mol. The van der Waals surface area contributed by atoms with Crippen LogP contribution in [-0.2, 0) is 0 Å². The Kier molecular flexibility index (Phi) is 1.93. The number of rotatable bonds is 2. The average molecular weight is 164 g/mol. The van der Waals surface area contributed by atoms with Gasteiger partial charge in [0.15, 0.2) is 0 Å².